The summed E-state index contributed by atoms with van der Waals surface area (Å²) in [6.45, 7) is 13.2. The van der Waals surface area contributed by atoms with Gasteiger partial charge in [-0.1, -0.05) is 89.8 Å². The van der Waals surface area contributed by atoms with Gasteiger partial charge in [0.15, 0.2) is 0 Å². The fourth-order valence-corrected chi connectivity index (χ4v) is 4.90. The van der Waals surface area contributed by atoms with E-state index in [-0.39, 0.29) is 16.5 Å². The first-order valence-electron chi connectivity index (χ1n) is 14.9. The molecule has 0 aromatic heterocycles. The fraction of sp³-hybridized carbons (Fsp3) is 0.543. The number of hydrogen-bond donors (Lipinski definition) is 0. The van der Waals surface area contributed by atoms with Gasteiger partial charge in [-0.25, -0.2) is 4.99 Å². The summed E-state index contributed by atoms with van der Waals surface area (Å²) in [5.74, 6) is 0. The van der Waals surface area contributed by atoms with Crippen LogP contribution in [0.15, 0.2) is 58.5 Å². The summed E-state index contributed by atoms with van der Waals surface area (Å²) in [7, 11) is 0. The van der Waals surface area contributed by atoms with Gasteiger partial charge in [0.2, 0.25) is 0 Å². The fourth-order valence-electron chi connectivity index (χ4n) is 4.90. The van der Waals surface area contributed by atoms with E-state index in [0.717, 1.165) is 42.1 Å². The van der Waals surface area contributed by atoms with E-state index >= 15 is 0 Å². The third-order valence-electron chi connectivity index (χ3n) is 6.74. The van der Waals surface area contributed by atoms with Crippen molar-refractivity contribution >= 4 is 22.8 Å². The van der Waals surface area contributed by atoms with Crippen molar-refractivity contribution in [3.8, 4) is 0 Å². The summed E-state index contributed by atoms with van der Waals surface area (Å²) in [4.78, 5) is 10.4. The number of rotatable bonds is 17. The minimum atomic E-state index is 0. The van der Waals surface area contributed by atoms with Crippen molar-refractivity contribution in [3.05, 3.63) is 70.8 Å². The molecule has 0 spiro atoms. The standard InChI is InChI=1S/C35H52N2.Ni/c1-7-9-11-13-15-17-19-21-35(37-33-26-30(5)23-31(6)27-33)34(20-18-16-14-12-10-8-2)36-32-24-28(3)22-29(4)25-32;/h19,21-27H,7-18,20H2,1-6H3;/b21-19+,36-34+,37-35+;. The van der Waals surface area contributed by atoms with Crippen LogP contribution in [0.2, 0.25) is 0 Å². The third kappa shape index (κ3) is 14.2. The van der Waals surface area contributed by atoms with Crippen molar-refractivity contribution in [2.45, 2.75) is 125 Å². The molecule has 0 N–H and O–H groups in total. The van der Waals surface area contributed by atoms with Gasteiger partial charge in [0.25, 0.3) is 0 Å². The van der Waals surface area contributed by atoms with Crippen molar-refractivity contribution < 1.29 is 16.5 Å². The number of hydrogen-bond acceptors (Lipinski definition) is 2. The Balaban J connectivity index is 0.00000722. The average molecular weight is 560 g/mol. The smallest absolute Gasteiger partial charge is 0.0848 e. The molecule has 0 heterocycles. The second kappa shape index (κ2) is 20.0. The van der Waals surface area contributed by atoms with Crippen LogP contribution in [0, 0.1) is 27.7 Å². The molecule has 3 heteroatoms. The van der Waals surface area contributed by atoms with E-state index in [9.17, 15) is 0 Å². The van der Waals surface area contributed by atoms with Crippen molar-refractivity contribution in [2.24, 2.45) is 9.98 Å². The van der Waals surface area contributed by atoms with Gasteiger partial charge in [-0.3, -0.25) is 4.99 Å². The maximum absolute atomic E-state index is 5.23. The molecule has 38 heavy (non-hydrogen) atoms. The Bertz CT molecular complexity index is 992. The third-order valence-corrected chi connectivity index (χ3v) is 6.74. The minimum Gasteiger partial charge on any atom is -0.251 e. The Morgan fingerprint density at radius 1 is 0.579 bits per heavy atom. The van der Waals surface area contributed by atoms with Crippen molar-refractivity contribution in [3.63, 3.8) is 0 Å². The van der Waals surface area contributed by atoms with E-state index in [2.05, 4.69) is 90.1 Å². The molecule has 0 fully saturated rings. The number of nitrogens with zero attached hydrogens (tertiary/aromatic N) is 2. The zero-order valence-corrected chi connectivity index (χ0v) is 26.0. The molecule has 2 aromatic rings. The molecule has 0 aliphatic rings. The first-order chi connectivity index (χ1) is 17.9. The maximum Gasteiger partial charge on any atom is 0.0848 e. The Labute approximate surface area is 244 Å². The van der Waals surface area contributed by atoms with Crippen LogP contribution in [0.1, 0.15) is 120 Å². The molecule has 0 radical (unpaired) electrons. The Hall–Kier alpha value is -1.99. The van der Waals surface area contributed by atoms with Crippen LogP contribution in [0.3, 0.4) is 0 Å². The Kier molecular flexibility index (Phi) is 17.9. The summed E-state index contributed by atoms with van der Waals surface area (Å²) >= 11 is 0. The SMILES string of the molecule is CCCCCCC/C=C/C(=N\c1cc(C)cc(C)c1)C(/CCCCCCCC)=N/c1cc(C)cc(C)c1.[Ni]. The molecule has 0 saturated heterocycles. The molecule has 0 unspecified atom stereocenters. The van der Waals surface area contributed by atoms with Gasteiger partial charge in [0, 0.05) is 16.5 Å². The summed E-state index contributed by atoms with van der Waals surface area (Å²) in [6.07, 6.45) is 20.8. The van der Waals surface area contributed by atoms with Crippen LogP contribution in [-0.2, 0) is 16.5 Å². The molecule has 2 rings (SSSR count). The largest absolute Gasteiger partial charge is 0.251 e. The second-order valence-electron chi connectivity index (χ2n) is 10.9. The first-order valence-corrected chi connectivity index (χ1v) is 14.9. The van der Waals surface area contributed by atoms with Crippen LogP contribution >= 0.6 is 0 Å². The zero-order chi connectivity index (χ0) is 26.9. The molecule has 2 aromatic carbocycles. The molecule has 0 atom stereocenters. The van der Waals surface area contributed by atoms with Crippen LogP contribution < -0.4 is 0 Å². The van der Waals surface area contributed by atoms with Gasteiger partial charge < -0.3 is 0 Å². The van der Waals surface area contributed by atoms with Gasteiger partial charge >= 0.3 is 0 Å². The Morgan fingerprint density at radius 2 is 1.03 bits per heavy atom. The predicted molar refractivity (Wildman–Crippen MR) is 167 cm³/mol. The molecule has 212 valence electrons. The van der Waals surface area contributed by atoms with Gasteiger partial charge in [-0.2, -0.15) is 0 Å². The van der Waals surface area contributed by atoms with E-state index in [1.807, 2.05) is 0 Å². The summed E-state index contributed by atoms with van der Waals surface area (Å²) in [5.41, 5.74) is 9.22. The topological polar surface area (TPSA) is 24.7 Å². The van der Waals surface area contributed by atoms with Gasteiger partial charge in [-0.05, 0) is 106 Å². The molecular formula is C35H52N2Ni. The summed E-state index contributed by atoms with van der Waals surface area (Å²) in [5, 5.41) is 0. The molecule has 0 bridgehead atoms. The summed E-state index contributed by atoms with van der Waals surface area (Å²) in [6, 6.07) is 13.2. The second-order valence-corrected chi connectivity index (χ2v) is 10.9. The average Bonchev–Trinajstić information content (AvgIpc) is 2.83. The van der Waals surface area contributed by atoms with E-state index in [4.69, 9.17) is 9.98 Å². The number of aryl methyl sites for hydroxylation is 4. The molecule has 0 aliphatic carbocycles. The molecule has 2 nitrogen and oxygen atoms in total. The predicted octanol–water partition coefficient (Wildman–Crippen LogP) is 11.4. The summed E-state index contributed by atoms with van der Waals surface area (Å²) < 4.78 is 0. The van der Waals surface area contributed by atoms with Crippen LogP contribution in [0.5, 0.6) is 0 Å². The van der Waals surface area contributed by atoms with Gasteiger partial charge in [0.1, 0.15) is 0 Å². The van der Waals surface area contributed by atoms with Gasteiger partial charge in [-0.15, -0.1) is 0 Å². The molecule has 0 saturated carbocycles. The van der Waals surface area contributed by atoms with E-state index in [1.165, 1.54) is 86.5 Å². The van der Waals surface area contributed by atoms with E-state index in [1.54, 1.807) is 0 Å². The van der Waals surface area contributed by atoms with Crippen LogP contribution in [0.4, 0.5) is 11.4 Å². The zero-order valence-electron chi connectivity index (χ0n) is 25.0. The molecule has 0 aliphatic heterocycles. The molecule has 0 amide bonds. The van der Waals surface area contributed by atoms with E-state index < -0.39 is 0 Å². The van der Waals surface area contributed by atoms with Crippen molar-refractivity contribution in [1.82, 2.24) is 0 Å². The van der Waals surface area contributed by atoms with E-state index in [0.29, 0.717) is 0 Å². The first kappa shape index (κ1) is 34.0. The number of aliphatic imine (C=N–C) groups is 2. The van der Waals surface area contributed by atoms with Crippen LogP contribution in [0.25, 0.3) is 0 Å². The molecular weight excluding hydrogens is 507 g/mol. The quantitative estimate of drug-likeness (QED) is 0.105. The number of allylic oxidation sites excluding steroid dienone is 2. The monoisotopic (exact) mass is 558 g/mol. The van der Waals surface area contributed by atoms with Crippen molar-refractivity contribution in [1.29, 1.82) is 0 Å². The minimum absolute atomic E-state index is 0. The number of benzene rings is 2. The van der Waals surface area contributed by atoms with Crippen LogP contribution in [-0.4, -0.2) is 11.4 Å². The van der Waals surface area contributed by atoms with Gasteiger partial charge in [0.05, 0.1) is 22.8 Å². The van der Waals surface area contributed by atoms with Crippen molar-refractivity contribution in [2.75, 3.05) is 0 Å². The number of unbranched alkanes of at least 4 members (excludes halogenated alkanes) is 10. The normalized spacial score (nSPS) is 12.3. The Morgan fingerprint density at radius 3 is 1.55 bits per heavy atom. The maximum atomic E-state index is 5.23.